The number of hydrogen-bond acceptors (Lipinski definition) is 4. The Labute approximate surface area is 134 Å². The predicted molar refractivity (Wildman–Crippen MR) is 87.0 cm³/mol. The van der Waals surface area contributed by atoms with E-state index in [9.17, 15) is 4.79 Å². The van der Waals surface area contributed by atoms with Gasteiger partial charge in [-0.05, 0) is 25.5 Å². The van der Waals surface area contributed by atoms with Gasteiger partial charge in [0.15, 0.2) is 0 Å². The van der Waals surface area contributed by atoms with Gasteiger partial charge in [-0.2, -0.15) is 5.10 Å². The van der Waals surface area contributed by atoms with Crippen molar-refractivity contribution in [3.63, 3.8) is 0 Å². The fraction of sp³-hybridized carbons (Fsp3) is 0.500. The molecule has 2 aliphatic heterocycles. The maximum Gasteiger partial charge on any atom is 0.229 e. The first-order valence-corrected chi connectivity index (χ1v) is 8.53. The van der Waals surface area contributed by atoms with Gasteiger partial charge < -0.3 is 4.90 Å². The zero-order valence-electron chi connectivity index (χ0n) is 12.9. The number of amides is 1. The van der Waals surface area contributed by atoms with Gasteiger partial charge in [0, 0.05) is 48.6 Å². The molecule has 0 aliphatic carbocycles. The van der Waals surface area contributed by atoms with E-state index < -0.39 is 0 Å². The molecule has 0 saturated carbocycles. The summed E-state index contributed by atoms with van der Waals surface area (Å²) >= 11 is 1.86. The standard InChI is InChI=1S/C16H20N4OS/c1-11-3-4-13(22-11)10-19-6-5-14-15(19)7-16(21)20(14)12-8-17-18(2)9-12/h3-4,8-9,14-15H,5-7,10H2,1-2H3/t14-,15+/m1/s1. The summed E-state index contributed by atoms with van der Waals surface area (Å²) in [7, 11) is 1.89. The lowest BCUT2D eigenvalue weighted by atomic mass is 10.1. The van der Waals surface area contributed by atoms with Gasteiger partial charge in [0.1, 0.15) is 0 Å². The van der Waals surface area contributed by atoms with E-state index in [1.807, 2.05) is 29.5 Å². The number of carbonyl (C=O) groups excluding carboxylic acids is 1. The fourth-order valence-corrected chi connectivity index (χ4v) is 4.68. The Bertz CT molecular complexity index is 707. The summed E-state index contributed by atoms with van der Waals surface area (Å²) in [6.45, 7) is 4.17. The summed E-state index contributed by atoms with van der Waals surface area (Å²) < 4.78 is 1.76. The van der Waals surface area contributed by atoms with E-state index in [-0.39, 0.29) is 5.91 Å². The number of likely N-dealkylation sites (tertiary alicyclic amines) is 1. The number of carbonyl (C=O) groups is 1. The SMILES string of the molecule is Cc1ccc(CN2CC[C@@H]3[C@@H]2CC(=O)N3c2cnn(C)c2)s1. The van der Waals surface area contributed by atoms with Gasteiger partial charge in [-0.25, -0.2) is 0 Å². The summed E-state index contributed by atoms with van der Waals surface area (Å²) in [5, 5.41) is 4.21. The zero-order valence-corrected chi connectivity index (χ0v) is 13.7. The van der Waals surface area contributed by atoms with Crippen molar-refractivity contribution in [1.29, 1.82) is 0 Å². The van der Waals surface area contributed by atoms with E-state index in [2.05, 4.69) is 29.1 Å². The molecular weight excluding hydrogens is 296 g/mol. The monoisotopic (exact) mass is 316 g/mol. The fourth-order valence-electron chi connectivity index (χ4n) is 3.76. The molecule has 0 unspecified atom stereocenters. The van der Waals surface area contributed by atoms with Crippen LogP contribution in [0.1, 0.15) is 22.6 Å². The van der Waals surface area contributed by atoms with Crippen molar-refractivity contribution in [2.75, 3.05) is 11.4 Å². The first-order chi connectivity index (χ1) is 10.6. The minimum Gasteiger partial charge on any atom is -0.305 e. The molecule has 22 heavy (non-hydrogen) atoms. The molecule has 5 nitrogen and oxygen atoms in total. The second kappa shape index (κ2) is 5.21. The smallest absolute Gasteiger partial charge is 0.229 e. The van der Waals surface area contributed by atoms with Gasteiger partial charge in [0.2, 0.25) is 5.91 Å². The number of aromatic nitrogens is 2. The lowest BCUT2D eigenvalue weighted by Crippen LogP contribution is -2.36. The van der Waals surface area contributed by atoms with E-state index in [1.54, 1.807) is 10.9 Å². The molecule has 6 heteroatoms. The van der Waals surface area contributed by atoms with Crippen molar-refractivity contribution in [3.05, 3.63) is 34.3 Å². The summed E-state index contributed by atoms with van der Waals surface area (Å²) in [5.41, 5.74) is 0.939. The number of rotatable bonds is 3. The van der Waals surface area contributed by atoms with Gasteiger partial charge in [-0.1, -0.05) is 0 Å². The number of hydrogen-bond donors (Lipinski definition) is 0. The first kappa shape index (κ1) is 14.0. The minimum atomic E-state index is 0.232. The molecule has 116 valence electrons. The molecule has 0 bridgehead atoms. The summed E-state index contributed by atoms with van der Waals surface area (Å²) in [6.07, 6.45) is 5.41. The molecule has 2 aromatic rings. The van der Waals surface area contributed by atoms with Crippen molar-refractivity contribution in [1.82, 2.24) is 14.7 Å². The van der Waals surface area contributed by atoms with Crippen LogP contribution in [0.5, 0.6) is 0 Å². The minimum absolute atomic E-state index is 0.232. The Morgan fingerprint density at radius 2 is 2.23 bits per heavy atom. The van der Waals surface area contributed by atoms with Crippen LogP contribution in [0, 0.1) is 6.92 Å². The maximum absolute atomic E-state index is 12.5. The van der Waals surface area contributed by atoms with Crippen LogP contribution >= 0.6 is 11.3 Å². The second-order valence-electron chi connectivity index (χ2n) is 6.25. The predicted octanol–water partition coefficient (Wildman–Crippen LogP) is 2.17. The van der Waals surface area contributed by atoms with E-state index >= 15 is 0 Å². The van der Waals surface area contributed by atoms with Gasteiger partial charge >= 0.3 is 0 Å². The molecule has 0 aromatic carbocycles. The van der Waals surface area contributed by atoms with Crippen LogP contribution in [0.4, 0.5) is 5.69 Å². The zero-order chi connectivity index (χ0) is 15.3. The molecule has 2 fully saturated rings. The number of nitrogens with zero attached hydrogens (tertiary/aromatic N) is 4. The van der Waals surface area contributed by atoms with Gasteiger partial charge in [0.05, 0.1) is 17.9 Å². The van der Waals surface area contributed by atoms with Crippen molar-refractivity contribution in [2.24, 2.45) is 7.05 Å². The van der Waals surface area contributed by atoms with Crippen LogP contribution in [-0.4, -0.2) is 39.2 Å². The summed E-state index contributed by atoms with van der Waals surface area (Å²) in [6, 6.07) is 5.03. The van der Waals surface area contributed by atoms with E-state index in [1.165, 1.54) is 9.75 Å². The number of fused-ring (bicyclic) bond motifs is 1. The number of aryl methyl sites for hydroxylation is 2. The van der Waals surface area contributed by atoms with Gasteiger partial charge in [0.25, 0.3) is 0 Å². The lowest BCUT2D eigenvalue weighted by molar-refractivity contribution is -0.117. The lowest BCUT2D eigenvalue weighted by Gasteiger charge is -2.24. The first-order valence-electron chi connectivity index (χ1n) is 7.72. The highest BCUT2D eigenvalue weighted by molar-refractivity contribution is 7.11. The Hall–Kier alpha value is -1.66. The van der Waals surface area contributed by atoms with Crippen molar-refractivity contribution >= 4 is 22.9 Å². The quantitative estimate of drug-likeness (QED) is 0.871. The molecule has 0 spiro atoms. The normalized spacial score (nSPS) is 25.2. The molecule has 4 heterocycles. The van der Waals surface area contributed by atoms with Crippen LogP contribution in [0.25, 0.3) is 0 Å². The van der Waals surface area contributed by atoms with Crippen LogP contribution < -0.4 is 4.90 Å². The van der Waals surface area contributed by atoms with Crippen molar-refractivity contribution < 1.29 is 4.79 Å². The van der Waals surface area contributed by atoms with Crippen LogP contribution in [0.3, 0.4) is 0 Å². The topological polar surface area (TPSA) is 41.4 Å². The molecule has 2 aromatic heterocycles. The average Bonchev–Trinajstić information content (AvgIpc) is 3.20. The van der Waals surface area contributed by atoms with E-state index in [4.69, 9.17) is 0 Å². The third kappa shape index (κ3) is 2.27. The van der Waals surface area contributed by atoms with Crippen molar-refractivity contribution in [3.8, 4) is 0 Å². The molecular formula is C16H20N4OS. The molecule has 0 N–H and O–H groups in total. The highest BCUT2D eigenvalue weighted by Crippen LogP contribution is 2.36. The Kier molecular flexibility index (Phi) is 3.31. The van der Waals surface area contributed by atoms with Gasteiger partial charge in [-0.15, -0.1) is 11.3 Å². The van der Waals surface area contributed by atoms with Crippen LogP contribution in [0.2, 0.25) is 0 Å². The van der Waals surface area contributed by atoms with Gasteiger partial charge in [-0.3, -0.25) is 14.4 Å². The Morgan fingerprint density at radius 1 is 1.36 bits per heavy atom. The Morgan fingerprint density at radius 3 is 2.91 bits per heavy atom. The van der Waals surface area contributed by atoms with E-state index in [0.717, 1.165) is 25.2 Å². The third-order valence-corrected chi connectivity index (χ3v) is 5.72. The molecule has 1 amide bonds. The molecule has 2 aliphatic rings. The molecule has 2 atom stereocenters. The van der Waals surface area contributed by atoms with Crippen LogP contribution in [-0.2, 0) is 18.4 Å². The highest BCUT2D eigenvalue weighted by atomic mass is 32.1. The number of thiophene rings is 1. The maximum atomic E-state index is 12.5. The largest absolute Gasteiger partial charge is 0.305 e. The Balaban J connectivity index is 1.54. The molecule has 4 rings (SSSR count). The number of anilines is 1. The van der Waals surface area contributed by atoms with Crippen LogP contribution in [0.15, 0.2) is 24.5 Å². The average molecular weight is 316 g/mol. The van der Waals surface area contributed by atoms with Crippen molar-refractivity contribution in [2.45, 2.75) is 38.4 Å². The molecule has 0 radical (unpaired) electrons. The highest BCUT2D eigenvalue weighted by Gasteiger charge is 2.47. The summed E-state index contributed by atoms with van der Waals surface area (Å²) in [4.78, 5) is 19.7. The summed E-state index contributed by atoms with van der Waals surface area (Å²) in [5.74, 6) is 0.232. The van der Waals surface area contributed by atoms with E-state index in [0.29, 0.717) is 18.5 Å². The second-order valence-corrected chi connectivity index (χ2v) is 7.62. The third-order valence-electron chi connectivity index (χ3n) is 4.73. The molecule has 2 saturated heterocycles.